The predicted molar refractivity (Wildman–Crippen MR) is 110 cm³/mol. The van der Waals surface area contributed by atoms with E-state index in [1.165, 1.54) is 18.2 Å². The Morgan fingerprint density at radius 2 is 1.89 bits per heavy atom. The molecule has 1 amide bonds. The summed E-state index contributed by atoms with van der Waals surface area (Å²) >= 11 is 5.76. The predicted octanol–water partition coefficient (Wildman–Crippen LogP) is 4.64. The van der Waals surface area contributed by atoms with Crippen LogP contribution in [0.3, 0.4) is 0 Å². The number of hydrogen-bond donors (Lipinski definition) is 1. The summed E-state index contributed by atoms with van der Waals surface area (Å²) < 4.78 is 0. The molecule has 28 heavy (non-hydrogen) atoms. The van der Waals surface area contributed by atoms with E-state index < -0.39 is 10.8 Å². The number of anilines is 2. The summed E-state index contributed by atoms with van der Waals surface area (Å²) in [5.41, 5.74) is 1.49. The van der Waals surface area contributed by atoms with Crippen LogP contribution in [0, 0.1) is 21.4 Å². The fourth-order valence-electron chi connectivity index (χ4n) is 2.61. The molecule has 0 spiro atoms. The van der Waals surface area contributed by atoms with E-state index in [9.17, 15) is 20.2 Å². The van der Waals surface area contributed by atoms with Gasteiger partial charge in [-0.15, -0.1) is 0 Å². The lowest BCUT2D eigenvalue weighted by Gasteiger charge is -2.20. The Bertz CT molecular complexity index is 945. The molecule has 8 heteroatoms. The number of nitro groups is 1. The number of nitro benzene ring substituents is 1. The van der Waals surface area contributed by atoms with E-state index >= 15 is 0 Å². The topological polar surface area (TPSA) is 99.3 Å². The van der Waals surface area contributed by atoms with E-state index in [4.69, 9.17) is 11.6 Å². The van der Waals surface area contributed by atoms with Crippen LogP contribution in [0.25, 0.3) is 6.08 Å². The summed E-state index contributed by atoms with van der Waals surface area (Å²) in [6, 6.07) is 13.3. The van der Waals surface area contributed by atoms with Gasteiger partial charge in [-0.25, -0.2) is 0 Å². The highest BCUT2D eigenvalue weighted by molar-refractivity contribution is 6.32. The molecule has 0 aliphatic carbocycles. The van der Waals surface area contributed by atoms with Gasteiger partial charge in [-0.2, -0.15) is 5.26 Å². The van der Waals surface area contributed by atoms with Crippen LogP contribution in [0.2, 0.25) is 5.02 Å². The highest BCUT2D eigenvalue weighted by Crippen LogP contribution is 2.27. The molecule has 2 aromatic rings. The zero-order valence-electron chi connectivity index (χ0n) is 15.5. The van der Waals surface area contributed by atoms with Crippen LogP contribution in [-0.2, 0) is 4.79 Å². The Kier molecular flexibility index (Phi) is 7.13. The van der Waals surface area contributed by atoms with Crippen LogP contribution in [-0.4, -0.2) is 23.9 Å². The highest BCUT2D eigenvalue weighted by Gasteiger charge is 2.15. The minimum Gasteiger partial charge on any atom is -0.372 e. The smallest absolute Gasteiger partial charge is 0.289 e. The average Bonchev–Trinajstić information content (AvgIpc) is 2.69. The van der Waals surface area contributed by atoms with E-state index in [1.54, 1.807) is 0 Å². The molecular weight excluding hydrogens is 380 g/mol. The monoisotopic (exact) mass is 398 g/mol. The Morgan fingerprint density at radius 3 is 2.43 bits per heavy atom. The van der Waals surface area contributed by atoms with Crippen molar-refractivity contribution in [3.05, 3.63) is 68.7 Å². The number of benzene rings is 2. The third-order valence-corrected chi connectivity index (χ3v) is 4.42. The van der Waals surface area contributed by atoms with Crippen LogP contribution in [0.15, 0.2) is 48.0 Å². The second kappa shape index (κ2) is 9.53. The van der Waals surface area contributed by atoms with Crippen molar-refractivity contribution in [3.63, 3.8) is 0 Å². The first-order valence-electron chi connectivity index (χ1n) is 8.61. The lowest BCUT2D eigenvalue weighted by Crippen LogP contribution is -2.21. The second-order valence-corrected chi connectivity index (χ2v) is 6.22. The van der Waals surface area contributed by atoms with Gasteiger partial charge in [0.25, 0.3) is 11.6 Å². The molecular formula is C20H19ClN4O3. The van der Waals surface area contributed by atoms with Crippen LogP contribution in [0.5, 0.6) is 0 Å². The first-order chi connectivity index (χ1) is 13.4. The number of nitriles is 1. The van der Waals surface area contributed by atoms with Crippen LogP contribution in [0.4, 0.5) is 17.1 Å². The highest BCUT2D eigenvalue weighted by atomic mass is 35.5. The van der Waals surface area contributed by atoms with Crippen molar-refractivity contribution in [2.24, 2.45) is 0 Å². The maximum Gasteiger partial charge on any atom is 0.289 e. The minimum absolute atomic E-state index is 0.0349. The molecule has 0 saturated carbocycles. The summed E-state index contributed by atoms with van der Waals surface area (Å²) in [7, 11) is 0. The molecule has 0 aliphatic rings. The molecule has 144 valence electrons. The zero-order valence-corrected chi connectivity index (χ0v) is 16.2. The molecule has 0 heterocycles. The Balaban J connectivity index is 2.20. The van der Waals surface area contributed by atoms with Gasteiger partial charge in [-0.1, -0.05) is 23.7 Å². The van der Waals surface area contributed by atoms with Crippen molar-refractivity contribution in [2.75, 3.05) is 23.3 Å². The molecule has 0 atom stereocenters. The van der Waals surface area contributed by atoms with Crippen molar-refractivity contribution in [1.29, 1.82) is 5.26 Å². The number of rotatable bonds is 7. The van der Waals surface area contributed by atoms with Crippen molar-refractivity contribution in [3.8, 4) is 6.07 Å². The molecule has 0 unspecified atom stereocenters. The van der Waals surface area contributed by atoms with E-state index in [2.05, 4.69) is 24.1 Å². The van der Waals surface area contributed by atoms with Gasteiger partial charge in [0.05, 0.1) is 4.92 Å². The zero-order chi connectivity index (χ0) is 20.7. The Labute approximate surface area is 168 Å². The van der Waals surface area contributed by atoms with Crippen LogP contribution >= 0.6 is 11.6 Å². The lowest BCUT2D eigenvalue weighted by atomic mass is 10.1. The van der Waals surface area contributed by atoms with Gasteiger partial charge in [-0.3, -0.25) is 14.9 Å². The van der Waals surface area contributed by atoms with Gasteiger partial charge >= 0.3 is 0 Å². The van der Waals surface area contributed by atoms with E-state index in [0.29, 0.717) is 5.56 Å². The summed E-state index contributed by atoms with van der Waals surface area (Å²) in [5, 5.41) is 22.7. The first-order valence-corrected chi connectivity index (χ1v) is 8.99. The van der Waals surface area contributed by atoms with Crippen molar-refractivity contribution >= 4 is 40.6 Å². The molecule has 7 nitrogen and oxygen atoms in total. The van der Waals surface area contributed by atoms with Gasteiger partial charge in [0.2, 0.25) is 0 Å². The first kappa shape index (κ1) is 20.9. The third-order valence-electron chi connectivity index (χ3n) is 4.10. The number of halogens is 1. The fraction of sp³-hybridized carbons (Fsp3) is 0.200. The molecule has 0 bridgehead atoms. The van der Waals surface area contributed by atoms with Crippen molar-refractivity contribution in [1.82, 2.24) is 0 Å². The maximum absolute atomic E-state index is 12.4. The minimum atomic E-state index is -0.660. The third kappa shape index (κ3) is 5.09. The molecule has 0 radical (unpaired) electrons. The van der Waals surface area contributed by atoms with Crippen LogP contribution in [0.1, 0.15) is 19.4 Å². The largest absolute Gasteiger partial charge is 0.372 e. The number of carbonyl (C=O) groups excluding carboxylic acids is 1. The van der Waals surface area contributed by atoms with Gasteiger partial charge in [-0.05, 0) is 49.8 Å². The van der Waals surface area contributed by atoms with Gasteiger partial charge in [0.1, 0.15) is 16.7 Å². The summed E-state index contributed by atoms with van der Waals surface area (Å²) in [6.45, 7) is 5.89. The van der Waals surface area contributed by atoms with E-state index in [-0.39, 0.29) is 22.0 Å². The molecule has 1 N–H and O–H groups in total. The van der Waals surface area contributed by atoms with E-state index in [1.807, 2.05) is 30.3 Å². The lowest BCUT2D eigenvalue weighted by molar-refractivity contribution is -0.384. The molecule has 2 aromatic carbocycles. The second-order valence-electron chi connectivity index (χ2n) is 5.81. The Morgan fingerprint density at radius 1 is 1.25 bits per heavy atom. The molecule has 0 aliphatic heterocycles. The van der Waals surface area contributed by atoms with Crippen molar-refractivity contribution in [2.45, 2.75) is 13.8 Å². The maximum atomic E-state index is 12.4. The standard InChI is InChI=1S/C20H19ClN4O3/c1-3-24(4-2)17-8-5-14(6-9-17)11-15(13-22)20(26)23-16-7-10-18(21)19(12-16)25(27)28/h5-12H,3-4H2,1-2H3,(H,23,26)/b15-11+. The number of amides is 1. The number of hydrogen-bond acceptors (Lipinski definition) is 5. The molecule has 0 saturated heterocycles. The van der Waals surface area contributed by atoms with Gasteiger partial charge in [0, 0.05) is 30.5 Å². The molecule has 2 rings (SSSR count). The van der Waals surface area contributed by atoms with E-state index in [0.717, 1.165) is 24.8 Å². The summed E-state index contributed by atoms with van der Waals surface area (Å²) in [4.78, 5) is 24.9. The summed E-state index contributed by atoms with van der Waals surface area (Å²) in [5.74, 6) is -0.660. The fourth-order valence-corrected chi connectivity index (χ4v) is 2.80. The number of nitrogens with one attached hydrogen (secondary N) is 1. The normalized spacial score (nSPS) is 10.9. The van der Waals surface area contributed by atoms with Gasteiger partial charge < -0.3 is 10.2 Å². The number of nitrogens with zero attached hydrogens (tertiary/aromatic N) is 3. The average molecular weight is 399 g/mol. The van der Waals surface area contributed by atoms with Crippen molar-refractivity contribution < 1.29 is 9.72 Å². The van der Waals surface area contributed by atoms with Gasteiger partial charge in [0.15, 0.2) is 0 Å². The number of carbonyl (C=O) groups is 1. The SMILES string of the molecule is CCN(CC)c1ccc(/C=C(\C#N)C(=O)Nc2ccc(Cl)c([N+](=O)[O-])c2)cc1. The Hall–Kier alpha value is -3.37. The summed E-state index contributed by atoms with van der Waals surface area (Å²) in [6.07, 6.45) is 1.46. The molecule has 0 fully saturated rings. The quantitative estimate of drug-likeness (QED) is 0.317. The van der Waals surface area contributed by atoms with Crippen LogP contribution < -0.4 is 10.2 Å². The molecule has 0 aromatic heterocycles.